The summed E-state index contributed by atoms with van der Waals surface area (Å²) in [6, 6.07) is 0. The van der Waals surface area contributed by atoms with Gasteiger partial charge in [0.15, 0.2) is 12.0 Å². The van der Waals surface area contributed by atoms with Crippen LogP contribution in [0.2, 0.25) is 0 Å². The van der Waals surface area contributed by atoms with E-state index in [1.165, 1.54) is 11.8 Å². The molecule has 0 amide bonds. The molecule has 0 aromatic rings. The summed E-state index contributed by atoms with van der Waals surface area (Å²) in [7, 11) is 0. The molecule has 0 bridgehead atoms. The lowest BCUT2D eigenvalue weighted by atomic mass is 10.1. The predicted octanol–water partition coefficient (Wildman–Crippen LogP) is -0.181. The van der Waals surface area contributed by atoms with Crippen molar-refractivity contribution in [3.63, 3.8) is 0 Å². The maximum atomic E-state index is 11.3. The lowest BCUT2D eigenvalue weighted by molar-refractivity contribution is -0.172. The van der Waals surface area contributed by atoms with Crippen LogP contribution in [0.1, 0.15) is 13.3 Å². The second-order valence-electron chi connectivity index (χ2n) is 3.32. The van der Waals surface area contributed by atoms with Gasteiger partial charge in [0.05, 0.1) is 6.61 Å². The summed E-state index contributed by atoms with van der Waals surface area (Å²) < 4.78 is 4.58. The molecule has 0 radical (unpaired) electrons. The molecule has 0 aliphatic rings. The van der Waals surface area contributed by atoms with Crippen molar-refractivity contribution in [3.8, 4) is 0 Å². The third-order valence-corrected chi connectivity index (χ3v) is 2.96. The van der Waals surface area contributed by atoms with Crippen molar-refractivity contribution in [1.29, 1.82) is 0 Å². The fraction of sp³-hybridized carbons (Fsp3) is 0.700. The van der Waals surface area contributed by atoms with Gasteiger partial charge in [-0.1, -0.05) is 6.92 Å². The number of hydrogen-bond acceptors (Lipinski definition) is 6. The predicted molar refractivity (Wildman–Crippen MR) is 63.3 cm³/mol. The smallest absolute Gasteiger partial charge is 0.345 e. The van der Waals surface area contributed by atoms with Crippen molar-refractivity contribution >= 4 is 29.7 Å². The van der Waals surface area contributed by atoms with Gasteiger partial charge < -0.3 is 20.1 Å². The van der Waals surface area contributed by atoms with Crippen LogP contribution in [0.15, 0.2) is 0 Å². The minimum absolute atomic E-state index is 0.0946. The van der Waals surface area contributed by atoms with Crippen LogP contribution in [0.3, 0.4) is 0 Å². The molecular formula is C10H16O7S. The van der Waals surface area contributed by atoms with E-state index in [0.29, 0.717) is 5.75 Å². The molecule has 0 fully saturated rings. The summed E-state index contributed by atoms with van der Waals surface area (Å²) in [6.45, 7) is 0.975. The highest BCUT2D eigenvalue weighted by Crippen LogP contribution is 2.10. The van der Waals surface area contributed by atoms with E-state index in [1.54, 1.807) is 0 Å². The quantitative estimate of drug-likeness (QED) is 0.302. The summed E-state index contributed by atoms with van der Waals surface area (Å²) in [5.41, 5.74) is 0. The van der Waals surface area contributed by atoms with Crippen molar-refractivity contribution in [3.05, 3.63) is 0 Å². The molecule has 104 valence electrons. The maximum absolute atomic E-state index is 11.3. The molecule has 8 heteroatoms. The zero-order valence-corrected chi connectivity index (χ0v) is 10.7. The maximum Gasteiger partial charge on any atom is 0.345 e. The summed E-state index contributed by atoms with van der Waals surface area (Å²) >= 11 is 1.48. The van der Waals surface area contributed by atoms with Crippen LogP contribution >= 0.6 is 11.8 Å². The zero-order chi connectivity index (χ0) is 14.1. The Labute approximate surface area is 108 Å². The van der Waals surface area contributed by atoms with Gasteiger partial charge >= 0.3 is 17.9 Å². The van der Waals surface area contributed by atoms with Crippen molar-refractivity contribution in [2.75, 3.05) is 18.1 Å². The molecule has 0 aromatic heterocycles. The van der Waals surface area contributed by atoms with E-state index in [4.69, 9.17) is 15.3 Å². The molecular weight excluding hydrogens is 264 g/mol. The highest BCUT2D eigenvalue weighted by molar-refractivity contribution is 7.99. The molecule has 3 N–H and O–H groups in total. The summed E-state index contributed by atoms with van der Waals surface area (Å²) in [4.78, 5) is 32.7. The van der Waals surface area contributed by atoms with Crippen LogP contribution in [-0.4, -0.2) is 57.4 Å². The first kappa shape index (κ1) is 16.7. The monoisotopic (exact) mass is 280 g/mol. The van der Waals surface area contributed by atoms with E-state index >= 15 is 0 Å². The molecule has 0 rings (SSSR count). The number of carbonyl (C=O) groups is 3. The van der Waals surface area contributed by atoms with Gasteiger partial charge in [-0.3, -0.25) is 9.59 Å². The molecule has 2 unspecified atom stereocenters. The van der Waals surface area contributed by atoms with Gasteiger partial charge in [0.1, 0.15) is 0 Å². The van der Waals surface area contributed by atoms with Crippen LogP contribution in [0.25, 0.3) is 0 Å². The van der Waals surface area contributed by atoms with Crippen LogP contribution < -0.4 is 0 Å². The minimum Gasteiger partial charge on any atom is -0.481 e. The number of thioether (sulfide) groups is 1. The van der Waals surface area contributed by atoms with E-state index in [9.17, 15) is 14.4 Å². The first-order valence-electron chi connectivity index (χ1n) is 5.28. The molecule has 18 heavy (non-hydrogen) atoms. The Kier molecular flexibility index (Phi) is 8.14. The Morgan fingerprint density at radius 2 is 1.83 bits per heavy atom. The Morgan fingerprint density at radius 1 is 1.22 bits per heavy atom. The van der Waals surface area contributed by atoms with Gasteiger partial charge in [0.2, 0.25) is 0 Å². The fourth-order valence-electron chi connectivity index (χ4n) is 1.04. The highest BCUT2D eigenvalue weighted by Gasteiger charge is 2.31. The number of esters is 1. The standard InChI is InChI=1S/C10H16O7S/c1-2-18-4-3-7(9(14)15)17-10(16)6(5-11)8(12)13/h6-7,11H,2-5H2,1H3,(H,12,13)(H,14,15). The average molecular weight is 280 g/mol. The molecule has 2 atom stereocenters. The normalized spacial score (nSPS) is 13.7. The fourth-order valence-corrected chi connectivity index (χ4v) is 1.71. The van der Waals surface area contributed by atoms with E-state index in [0.717, 1.165) is 5.75 Å². The number of carboxylic acid groups (broad SMARTS) is 2. The third-order valence-electron chi connectivity index (χ3n) is 2.03. The van der Waals surface area contributed by atoms with Crippen LogP contribution in [-0.2, 0) is 19.1 Å². The van der Waals surface area contributed by atoms with Gasteiger partial charge in [0.25, 0.3) is 0 Å². The number of ether oxygens (including phenoxy) is 1. The van der Waals surface area contributed by atoms with Crippen LogP contribution in [0.4, 0.5) is 0 Å². The Balaban J connectivity index is 4.43. The van der Waals surface area contributed by atoms with Crippen LogP contribution in [0.5, 0.6) is 0 Å². The van der Waals surface area contributed by atoms with Gasteiger partial charge in [-0.15, -0.1) is 0 Å². The van der Waals surface area contributed by atoms with E-state index in [-0.39, 0.29) is 6.42 Å². The number of hydrogen-bond donors (Lipinski definition) is 3. The highest BCUT2D eigenvalue weighted by atomic mass is 32.2. The lowest BCUT2D eigenvalue weighted by Crippen LogP contribution is -2.35. The summed E-state index contributed by atoms with van der Waals surface area (Å²) in [6.07, 6.45) is -1.29. The first-order chi connectivity index (χ1) is 8.43. The van der Waals surface area contributed by atoms with E-state index in [1.807, 2.05) is 6.92 Å². The molecule has 0 aromatic carbocycles. The number of aliphatic hydroxyl groups excluding tert-OH is 1. The van der Waals surface area contributed by atoms with Gasteiger partial charge in [-0.2, -0.15) is 11.8 Å². The molecule has 0 spiro atoms. The van der Waals surface area contributed by atoms with Crippen molar-refractivity contribution in [1.82, 2.24) is 0 Å². The summed E-state index contributed by atoms with van der Waals surface area (Å²) in [5, 5.41) is 26.1. The Bertz CT molecular complexity index is 305. The van der Waals surface area contributed by atoms with Crippen molar-refractivity contribution in [2.24, 2.45) is 5.92 Å². The van der Waals surface area contributed by atoms with Crippen molar-refractivity contribution < 1.29 is 34.4 Å². The van der Waals surface area contributed by atoms with E-state index in [2.05, 4.69) is 4.74 Å². The Hall–Kier alpha value is -1.28. The minimum atomic E-state index is -1.74. The number of rotatable bonds is 9. The van der Waals surface area contributed by atoms with E-state index < -0.39 is 36.5 Å². The second kappa shape index (κ2) is 8.76. The number of carbonyl (C=O) groups excluding carboxylic acids is 1. The SMILES string of the molecule is CCSCCC(OC(=O)C(CO)C(=O)O)C(=O)O. The molecule has 0 heterocycles. The topological polar surface area (TPSA) is 121 Å². The summed E-state index contributed by atoms with van der Waals surface area (Å²) in [5.74, 6) is -4.58. The van der Waals surface area contributed by atoms with Gasteiger partial charge in [0, 0.05) is 6.42 Å². The molecule has 7 nitrogen and oxygen atoms in total. The number of aliphatic carboxylic acids is 2. The molecule has 0 saturated heterocycles. The first-order valence-corrected chi connectivity index (χ1v) is 6.44. The van der Waals surface area contributed by atoms with Gasteiger partial charge in [-0.05, 0) is 11.5 Å². The zero-order valence-electron chi connectivity index (χ0n) is 9.87. The molecule has 0 aliphatic heterocycles. The Morgan fingerprint density at radius 3 is 2.22 bits per heavy atom. The molecule has 0 aliphatic carbocycles. The number of aliphatic hydroxyl groups is 1. The largest absolute Gasteiger partial charge is 0.481 e. The van der Waals surface area contributed by atoms with Gasteiger partial charge in [-0.25, -0.2) is 4.79 Å². The van der Waals surface area contributed by atoms with Crippen molar-refractivity contribution in [2.45, 2.75) is 19.4 Å². The lowest BCUT2D eigenvalue weighted by Gasteiger charge is -2.15. The second-order valence-corrected chi connectivity index (χ2v) is 4.72. The average Bonchev–Trinajstić information content (AvgIpc) is 2.28. The third kappa shape index (κ3) is 5.87. The van der Waals surface area contributed by atoms with Crippen LogP contribution in [0, 0.1) is 5.92 Å². The number of carboxylic acids is 2. The molecule has 0 saturated carbocycles.